The lowest BCUT2D eigenvalue weighted by Gasteiger charge is -2.46. The molecule has 2 atom stereocenters. The summed E-state index contributed by atoms with van der Waals surface area (Å²) in [6, 6.07) is 6.80. The number of ether oxygens (including phenoxy) is 1. The highest BCUT2D eigenvalue weighted by atomic mass is 32.2. The van der Waals surface area contributed by atoms with Gasteiger partial charge in [-0.3, -0.25) is 24.4 Å². The molecule has 13 nitrogen and oxygen atoms in total. The van der Waals surface area contributed by atoms with Gasteiger partial charge in [0.05, 0.1) is 10.5 Å². The maximum Gasteiger partial charge on any atom is 0.292 e. The maximum absolute atomic E-state index is 13.1. The molecule has 4 heterocycles. The van der Waals surface area contributed by atoms with E-state index in [2.05, 4.69) is 64.7 Å². The van der Waals surface area contributed by atoms with Crippen LogP contribution in [0.5, 0.6) is 5.75 Å². The summed E-state index contributed by atoms with van der Waals surface area (Å²) < 4.78 is 53.7. The van der Waals surface area contributed by atoms with E-state index in [1.54, 1.807) is 0 Å². The van der Waals surface area contributed by atoms with Crippen LogP contribution in [0.15, 0.2) is 12.1 Å². The minimum absolute atomic E-state index is 0.347. The van der Waals surface area contributed by atoms with Gasteiger partial charge in [0.25, 0.3) is 6.26 Å². The van der Waals surface area contributed by atoms with Gasteiger partial charge in [-0.2, -0.15) is 0 Å². The zero-order valence-electron chi connectivity index (χ0n) is 37.5. The number of carbonyl (C=O) groups excluding carboxylic acids is 1. The monoisotopic (exact) mass is 891 g/mol. The number of nitrogens with one attached hydrogen (secondary N) is 1. The van der Waals surface area contributed by atoms with Gasteiger partial charge >= 0.3 is 0 Å². The van der Waals surface area contributed by atoms with Gasteiger partial charge in [0.1, 0.15) is 11.5 Å². The summed E-state index contributed by atoms with van der Waals surface area (Å²) in [6.07, 6.45) is 16.4. The molecule has 62 heavy (non-hydrogen) atoms. The molecule has 2 aromatic rings. The summed E-state index contributed by atoms with van der Waals surface area (Å²) in [6.45, 7) is 15.8. The van der Waals surface area contributed by atoms with E-state index in [9.17, 15) is 21.6 Å². The molecular formula is C47H69N7O6S2. The zero-order chi connectivity index (χ0) is 43.9. The molecule has 10 rings (SSSR count). The smallest absolute Gasteiger partial charge is 0.292 e. The van der Waals surface area contributed by atoms with Crippen LogP contribution < -0.4 is 15.2 Å². The van der Waals surface area contributed by atoms with Gasteiger partial charge < -0.3 is 10.1 Å². The van der Waals surface area contributed by atoms with E-state index >= 15 is 0 Å². The van der Waals surface area contributed by atoms with Crippen LogP contribution in [0.2, 0.25) is 0 Å². The number of sulfonamides is 1. The van der Waals surface area contributed by atoms with Gasteiger partial charge in [-0.1, -0.05) is 12.1 Å². The first-order valence-electron chi connectivity index (χ1n) is 23.5. The Morgan fingerprint density at radius 2 is 1.11 bits per heavy atom. The Balaban J connectivity index is 0.000000143. The number of carbonyl (C=O) groups is 1. The number of hydrogen-bond donors (Lipinski definition) is 2. The fourth-order valence-electron chi connectivity index (χ4n) is 11.4. The number of amides is 1. The van der Waals surface area contributed by atoms with Crippen LogP contribution in [0.4, 0.5) is 5.69 Å². The molecule has 4 fully saturated rings. The number of nitrogens with zero attached hydrogens (tertiary/aromatic N) is 5. The first-order chi connectivity index (χ1) is 29.6. The molecular weight excluding hydrogens is 823 g/mol. The van der Waals surface area contributed by atoms with Crippen LogP contribution >= 0.6 is 0 Å². The standard InChI is InChI=1S/C24H35N3O3S.C13H13NO.C10H21N3O2S/c1-16(2)27-12-19(13-27)26-10-9-20(14-26)31(29,30)15-23(28)25-24-21-7-3-5-17(21)11-18-6-4-8-22(18)24;14-8-15-13-11-5-1-3-9(11)7-10-4-2-6-12(10)13;1-8(2)13-5-9(6-13)12-4-3-10(7-12)16(11,14)15/h11,16,19-20H,3-10,12-15H2,1-2H3,(H,25,28);7H,1-6H2;8-10H,3-7H2,1-2H3,(H2,11,14,15). The zero-order valence-corrected chi connectivity index (χ0v) is 39.1. The van der Waals surface area contributed by atoms with Gasteiger partial charge in [0.15, 0.2) is 9.84 Å². The molecule has 0 bridgehead atoms. The number of sulfone groups is 1. The second kappa shape index (κ2) is 18.8. The third kappa shape index (κ3) is 9.77. The Kier molecular flexibility index (Phi) is 13.8. The Labute approximate surface area is 370 Å². The highest BCUT2D eigenvalue weighted by Crippen LogP contribution is 2.41. The summed E-state index contributed by atoms with van der Waals surface area (Å²) >= 11 is 0. The largest absolute Gasteiger partial charge is 0.387 e. The van der Waals surface area contributed by atoms with E-state index in [4.69, 9.17) is 15.1 Å². The molecule has 340 valence electrons. The van der Waals surface area contributed by atoms with E-state index in [0.29, 0.717) is 50.1 Å². The Bertz CT molecular complexity index is 2200. The van der Waals surface area contributed by atoms with Gasteiger partial charge in [0.2, 0.25) is 15.9 Å². The van der Waals surface area contributed by atoms with Crippen molar-refractivity contribution in [2.45, 2.75) is 152 Å². The van der Waals surface area contributed by atoms with E-state index in [1.807, 2.05) is 6.26 Å². The SMILES string of the molecule is CC(C)N1CC(N2CCC(S(=O)(=O)CC(=O)Nc3c4c(cc5c3CCC5)CCC4)C2)C1.CC(C)N1CC(N2CCC(S(N)(=O)=O)C2)C1.N#COc1c2c(cc3c1CCC3)CCC2. The molecule has 2 unspecified atom stereocenters. The number of likely N-dealkylation sites (tertiary alicyclic amines) is 4. The lowest BCUT2D eigenvalue weighted by Crippen LogP contribution is -2.60. The van der Waals surface area contributed by atoms with Crippen LogP contribution in [0.25, 0.3) is 0 Å². The van der Waals surface area contributed by atoms with Crippen LogP contribution in [0.3, 0.4) is 0 Å². The van der Waals surface area contributed by atoms with E-state index < -0.39 is 30.9 Å². The molecule has 0 aromatic heterocycles. The molecule has 0 radical (unpaired) electrons. The van der Waals surface area contributed by atoms with E-state index in [-0.39, 0.29) is 11.2 Å². The summed E-state index contributed by atoms with van der Waals surface area (Å²) in [5.74, 6) is 0.148. The second-order valence-corrected chi connectivity index (χ2v) is 23.9. The van der Waals surface area contributed by atoms with Crippen molar-refractivity contribution in [2.75, 3.05) is 63.4 Å². The summed E-state index contributed by atoms with van der Waals surface area (Å²) in [5.41, 5.74) is 11.6. The molecule has 0 spiro atoms. The molecule has 3 N–H and O–H groups in total. The predicted octanol–water partition coefficient (Wildman–Crippen LogP) is 4.15. The van der Waals surface area contributed by atoms with Crippen LogP contribution in [0.1, 0.15) is 111 Å². The summed E-state index contributed by atoms with van der Waals surface area (Å²) in [7, 11) is -6.79. The Hall–Kier alpha value is -3.10. The maximum atomic E-state index is 13.1. The van der Waals surface area contributed by atoms with Crippen molar-refractivity contribution in [3.05, 3.63) is 56.6 Å². The molecule has 4 aliphatic heterocycles. The fourth-order valence-corrected chi connectivity index (χ4v) is 13.8. The van der Waals surface area contributed by atoms with E-state index in [1.165, 1.54) is 57.3 Å². The van der Waals surface area contributed by atoms with Gasteiger partial charge in [0, 0.05) is 69.1 Å². The van der Waals surface area contributed by atoms with Crippen molar-refractivity contribution < 1.29 is 26.4 Å². The molecule has 4 aliphatic carbocycles. The van der Waals surface area contributed by atoms with Crippen molar-refractivity contribution in [3.8, 4) is 12.0 Å². The number of nitriles is 1. The number of aryl methyl sites for hydroxylation is 4. The van der Waals surface area contributed by atoms with Crippen molar-refractivity contribution in [1.82, 2.24) is 19.6 Å². The van der Waals surface area contributed by atoms with Crippen LogP contribution in [-0.4, -0.2) is 135 Å². The van der Waals surface area contributed by atoms with E-state index in [0.717, 1.165) is 115 Å². The van der Waals surface area contributed by atoms with Crippen molar-refractivity contribution in [1.29, 1.82) is 5.26 Å². The number of fused-ring (bicyclic) bond motifs is 4. The minimum atomic E-state index is -3.46. The number of benzene rings is 2. The number of nitrogens with two attached hydrogens (primary N) is 1. The van der Waals surface area contributed by atoms with Gasteiger partial charge in [-0.25, -0.2) is 22.0 Å². The quantitative estimate of drug-likeness (QED) is 0.329. The first-order valence-corrected chi connectivity index (χ1v) is 26.8. The lowest BCUT2D eigenvalue weighted by atomic mass is 9.98. The Morgan fingerprint density at radius 1 is 0.694 bits per heavy atom. The average molecular weight is 892 g/mol. The van der Waals surface area contributed by atoms with Crippen molar-refractivity contribution >= 4 is 31.5 Å². The second-order valence-electron chi connectivity index (χ2n) is 19.8. The fraction of sp³-hybridized carbons (Fsp3) is 0.702. The van der Waals surface area contributed by atoms with Crippen molar-refractivity contribution in [3.63, 3.8) is 0 Å². The minimum Gasteiger partial charge on any atom is -0.387 e. The summed E-state index contributed by atoms with van der Waals surface area (Å²) in [5, 5.41) is 16.2. The molecule has 8 aliphatic rings. The van der Waals surface area contributed by atoms with Crippen LogP contribution in [-0.2, 0) is 76.0 Å². The summed E-state index contributed by atoms with van der Waals surface area (Å²) in [4.78, 5) is 22.3. The molecule has 4 saturated heterocycles. The first kappa shape index (κ1) is 45.5. The highest BCUT2D eigenvalue weighted by molar-refractivity contribution is 7.92. The average Bonchev–Trinajstić information content (AvgIpc) is 4.01. The highest BCUT2D eigenvalue weighted by Gasteiger charge is 2.42. The predicted molar refractivity (Wildman–Crippen MR) is 244 cm³/mol. The lowest BCUT2D eigenvalue weighted by molar-refractivity contribution is -0.113. The number of anilines is 1. The van der Waals surface area contributed by atoms with Crippen LogP contribution in [0, 0.1) is 11.5 Å². The third-order valence-electron chi connectivity index (χ3n) is 15.2. The van der Waals surface area contributed by atoms with Crippen molar-refractivity contribution in [2.24, 2.45) is 5.14 Å². The number of primary sulfonamides is 1. The number of rotatable bonds is 10. The topological polar surface area (TPSA) is 169 Å². The van der Waals surface area contributed by atoms with Gasteiger partial charge in [-0.15, -0.1) is 5.26 Å². The molecule has 0 saturated carbocycles. The molecule has 15 heteroatoms. The Morgan fingerprint density at radius 3 is 1.53 bits per heavy atom. The number of hydrogen-bond acceptors (Lipinski definition) is 11. The van der Waals surface area contributed by atoms with Gasteiger partial charge in [-0.05, 0) is 175 Å². The normalized spacial score (nSPS) is 24.0. The molecule has 1 amide bonds. The third-order valence-corrected chi connectivity index (χ3v) is 18.6. The molecule has 2 aromatic carbocycles.